The lowest BCUT2D eigenvalue weighted by Crippen LogP contribution is -2.53. The Kier molecular flexibility index (Phi) is 9.50. The molecule has 0 spiro atoms. The SMILES string of the molecule is O=S(=O)([O-])CCCOc1ccc2c(c1)CCC1=C(c3ccccc3)C3=Nc4c(-c5ccccc5)c5c(n4[B-](F)(F)[N+]3=C12)-c1ccc(OCCCS(=O)(=O)[O-])cc1CC5. The fourth-order valence-corrected chi connectivity index (χ4v) is 9.69. The zero-order valence-electron chi connectivity index (χ0n) is 31.1. The van der Waals surface area contributed by atoms with Gasteiger partial charge in [-0.15, -0.1) is 0 Å². The molecular formula is C42H36BF2N3O8S2-2. The lowest BCUT2D eigenvalue weighted by Gasteiger charge is -2.34. The van der Waals surface area contributed by atoms with E-state index in [1.165, 1.54) is 0 Å². The fraction of sp³-hybridized carbons (Fsp3) is 0.238. The van der Waals surface area contributed by atoms with Gasteiger partial charge in [0.2, 0.25) is 5.82 Å². The Morgan fingerprint density at radius 2 is 1.26 bits per heavy atom. The van der Waals surface area contributed by atoms with E-state index in [-0.39, 0.29) is 37.7 Å². The third kappa shape index (κ3) is 6.87. The molecule has 9 rings (SSSR count). The molecule has 2 aliphatic heterocycles. The van der Waals surface area contributed by atoms with Crippen molar-refractivity contribution in [2.24, 2.45) is 4.99 Å². The Morgan fingerprint density at radius 3 is 1.86 bits per heavy atom. The van der Waals surface area contributed by atoms with Crippen LogP contribution in [-0.4, -0.2) is 78.1 Å². The second-order valence-electron chi connectivity index (χ2n) is 14.8. The molecule has 298 valence electrons. The molecule has 0 amide bonds. The van der Waals surface area contributed by atoms with Crippen LogP contribution in [0.25, 0.3) is 28.0 Å². The Hall–Kier alpha value is -5.42. The highest BCUT2D eigenvalue weighted by molar-refractivity contribution is 7.85. The third-order valence-corrected chi connectivity index (χ3v) is 12.7. The number of benzene rings is 4. The standard InChI is InChI=1S/C42H38BF2N3O8S2/c44-43(45)47-39-33-19-15-31(55-21-7-23-57(49,50)51)25-29(33)13-17-35(39)37(27-9-3-1-4-10-27)41(47)46-42-38(28-11-5-2-6-12-28)36-18-14-30-26-32(56-22-8-24-58(52,53)54)16-20-34(30)40(36)48(42)43/h1-6,9-12,15-16,19-20,25-26H,7-8,13-14,17-18,21-24H2,(H,49,50,51)(H,52,53,54)/p-2. The molecule has 0 saturated carbocycles. The van der Waals surface area contributed by atoms with Crippen molar-refractivity contribution in [2.45, 2.75) is 38.5 Å². The maximum absolute atomic E-state index is 18.3. The summed E-state index contributed by atoms with van der Waals surface area (Å²) in [5.41, 5.74) is 7.97. The van der Waals surface area contributed by atoms with Gasteiger partial charge in [-0.1, -0.05) is 60.7 Å². The van der Waals surface area contributed by atoms with E-state index in [0.717, 1.165) is 42.4 Å². The van der Waals surface area contributed by atoms with Crippen LogP contribution < -0.4 is 9.47 Å². The van der Waals surface area contributed by atoms with Crippen LogP contribution in [0.4, 0.5) is 14.4 Å². The summed E-state index contributed by atoms with van der Waals surface area (Å²) in [5, 5.41) is 0. The lowest BCUT2D eigenvalue weighted by molar-refractivity contribution is -0.291. The third-order valence-electron chi connectivity index (χ3n) is 11.1. The Balaban J connectivity index is 1.21. The van der Waals surface area contributed by atoms with Gasteiger partial charge in [0.05, 0.1) is 50.3 Å². The summed E-state index contributed by atoms with van der Waals surface area (Å²) < 4.78 is 117. The molecule has 58 heavy (non-hydrogen) atoms. The molecule has 1 aromatic heterocycles. The van der Waals surface area contributed by atoms with Gasteiger partial charge in [0.25, 0.3) is 5.84 Å². The zero-order valence-corrected chi connectivity index (χ0v) is 32.7. The molecular weight excluding hydrogens is 787 g/mol. The predicted molar refractivity (Wildman–Crippen MR) is 215 cm³/mol. The maximum atomic E-state index is 18.3. The summed E-state index contributed by atoms with van der Waals surface area (Å²) in [4.78, 5) is 5.25. The van der Waals surface area contributed by atoms with Gasteiger partial charge < -0.3 is 36.2 Å². The molecule has 3 heterocycles. The van der Waals surface area contributed by atoms with Crippen molar-refractivity contribution in [2.75, 3.05) is 24.7 Å². The predicted octanol–water partition coefficient (Wildman–Crippen LogP) is 6.73. The van der Waals surface area contributed by atoms with Gasteiger partial charge in [0.15, 0.2) is 0 Å². The van der Waals surface area contributed by atoms with Crippen molar-refractivity contribution in [1.29, 1.82) is 0 Å². The van der Waals surface area contributed by atoms with Crippen molar-refractivity contribution in [3.05, 3.63) is 130 Å². The van der Waals surface area contributed by atoms with E-state index < -0.39 is 38.7 Å². The van der Waals surface area contributed by atoms with Crippen LogP contribution in [0.1, 0.15) is 47.1 Å². The van der Waals surface area contributed by atoms with Gasteiger partial charge in [-0.2, -0.15) is 0 Å². The molecule has 16 heteroatoms. The van der Waals surface area contributed by atoms with Crippen LogP contribution in [0, 0.1) is 0 Å². The zero-order chi connectivity index (χ0) is 40.4. The van der Waals surface area contributed by atoms with Crippen LogP contribution in [-0.2, 0) is 39.5 Å². The number of rotatable bonds is 12. The molecule has 5 aromatic rings. The van der Waals surface area contributed by atoms with Gasteiger partial charge in [0.1, 0.15) is 11.5 Å². The van der Waals surface area contributed by atoms with Gasteiger partial charge >= 0.3 is 6.97 Å². The molecule has 0 atom stereocenters. The maximum Gasteiger partial charge on any atom is 0.642 e. The van der Waals surface area contributed by atoms with E-state index in [2.05, 4.69) is 0 Å². The molecule has 0 radical (unpaired) electrons. The summed E-state index contributed by atoms with van der Waals surface area (Å²) in [6.45, 7) is -4.59. The second kappa shape index (κ2) is 14.4. The van der Waals surface area contributed by atoms with Crippen molar-refractivity contribution in [1.82, 2.24) is 4.48 Å². The summed E-state index contributed by atoms with van der Waals surface area (Å²) in [6.07, 6.45) is 2.04. The summed E-state index contributed by atoms with van der Waals surface area (Å²) >= 11 is 0. The molecule has 0 unspecified atom stereocenters. The highest BCUT2D eigenvalue weighted by Crippen LogP contribution is 2.53. The molecule has 4 aromatic carbocycles. The number of ether oxygens (including phenoxy) is 2. The minimum absolute atomic E-state index is 0.0103. The summed E-state index contributed by atoms with van der Waals surface area (Å²) in [6, 6.07) is 29.4. The van der Waals surface area contributed by atoms with Crippen molar-refractivity contribution >= 4 is 50.1 Å². The van der Waals surface area contributed by atoms with Gasteiger partial charge in [0, 0.05) is 28.3 Å². The van der Waals surface area contributed by atoms with Gasteiger partial charge in [-0.25, -0.2) is 16.8 Å². The molecule has 2 aliphatic carbocycles. The quantitative estimate of drug-likeness (QED) is 0.0763. The minimum atomic E-state index is -4.61. The highest BCUT2D eigenvalue weighted by atomic mass is 32.2. The van der Waals surface area contributed by atoms with Crippen LogP contribution in [0.5, 0.6) is 11.5 Å². The number of aliphatic imine (C=N–C) groups is 1. The second-order valence-corrected chi connectivity index (χ2v) is 17.8. The fourth-order valence-electron chi connectivity index (χ4n) is 8.74. The van der Waals surface area contributed by atoms with E-state index in [0.29, 0.717) is 70.9 Å². The summed E-state index contributed by atoms with van der Waals surface area (Å²) in [7, 11) is -8.76. The number of aromatic nitrogens is 1. The first-order valence-corrected chi connectivity index (χ1v) is 22.2. The number of aryl methyl sites for hydroxylation is 2. The van der Waals surface area contributed by atoms with E-state index in [1.54, 1.807) is 36.4 Å². The van der Waals surface area contributed by atoms with Crippen LogP contribution in [0.15, 0.2) is 108 Å². The topological polar surface area (TPSA) is 153 Å². The van der Waals surface area contributed by atoms with Crippen molar-refractivity contribution in [3.8, 4) is 33.9 Å². The number of nitrogens with zero attached hydrogens (tertiary/aromatic N) is 3. The van der Waals surface area contributed by atoms with E-state index >= 15 is 8.63 Å². The number of halogens is 2. The largest absolute Gasteiger partial charge is 0.748 e. The highest BCUT2D eigenvalue weighted by Gasteiger charge is 2.56. The van der Waals surface area contributed by atoms with Crippen molar-refractivity contribution < 1.29 is 48.5 Å². The number of amidine groups is 1. The molecule has 11 nitrogen and oxygen atoms in total. The average Bonchev–Trinajstić information content (AvgIpc) is 3.72. The van der Waals surface area contributed by atoms with E-state index in [1.807, 2.05) is 60.7 Å². The smallest absolute Gasteiger partial charge is 0.642 e. The van der Waals surface area contributed by atoms with Gasteiger partial charge in [-0.05, 0) is 113 Å². The monoisotopic (exact) mass is 823 g/mol. The van der Waals surface area contributed by atoms with Crippen LogP contribution >= 0.6 is 0 Å². The number of hydrogen-bond acceptors (Lipinski definition) is 9. The van der Waals surface area contributed by atoms with E-state index in [4.69, 9.17) is 14.5 Å². The number of allylic oxidation sites excluding steroid dienone is 1. The van der Waals surface area contributed by atoms with E-state index in [9.17, 15) is 25.9 Å². The van der Waals surface area contributed by atoms with Crippen LogP contribution in [0.2, 0.25) is 0 Å². The van der Waals surface area contributed by atoms with Gasteiger partial charge in [-0.3, -0.25) is 0 Å². The Bertz CT molecular complexity index is 2820. The molecule has 0 bridgehead atoms. The first-order chi connectivity index (χ1) is 27.8. The molecule has 0 N–H and O–H groups in total. The van der Waals surface area contributed by atoms with Crippen molar-refractivity contribution in [3.63, 3.8) is 0 Å². The average molecular weight is 824 g/mol. The number of fused-ring (bicyclic) bond motifs is 9. The minimum Gasteiger partial charge on any atom is -0.748 e. The first kappa shape index (κ1) is 38.1. The lowest BCUT2D eigenvalue weighted by atomic mass is 9.82. The summed E-state index contributed by atoms with van der Waals surface area (Å²) in [5.74, 6) is 0.161. The molecule has 0 saturated heterocycles. The van der Waals surface area contributed by atoms with Crippen LogP contribution in [0.3, 0.4) is 0 Å². The molecule has 4 aliphatic rings. The first-order valence-electron chi connectivity index (χ1n) is 19.1. The number of hydrogen-bond donors (Lipinski definition) is 0. The molecule has 0 fully saturated rings. The Labute approximate surface area is 334 Å². The normalized spacial score (nSPS) is 16.4. The Morgan fingerprint density at radius 1 is 0.707 bits per heavy atom.